The highest BCUT2D eigenvalue weighted by molar-refractivity contribution is 5.86. The molecule has 2 rings (SSSR count). The van der Waals surface area contributed by atoms with E-state index in [1.807, 2.05) is 60.7 Å². The summed E-state index contributed by atoms with van der Waals surface area (Å²) in [6, 6.07) is 18.0. The van der Waals surface area contributed by atoms with Crippen molar-refractivity contribution in [2.75, 3.05) is 0 Å². The molecule has 0 aromatic heterocycles. The van der Waals surface area contributed by atoms with Gasteiger partial charge >= 0.3 is 5.97 Å². The average Bonchev–Trinajstić information content (AvgIpc) is 2.61. The molecule has 0 spiro atoms. The standard InChI is InChI=1S/C22H24O3/c1-17(21(23)24)9-8-14-22(2,3)19-12-7-13-20(15-19)25-16-18-10-5-4-6-11-18/h4-15H,16H2,1-3H3,(H,23,24)/b14-8+,17-9+. The molecule has 0 radical (unpaired) electrons. The number of hydrogen-bond donors (Lipinski definition) is 1. The highest BCUT2D eigenvalue weighted by Gasteiger charge is 2.17. The molecule has 0 atom stereocenters. The quantitative estimate of drug-likeness (QED) is 0.563. The fraction of sp³-hybridized carbons (Fsp3) is 0.227. The van der Waals surface area contributed by atoms with Gasteiger partial charge in [0.25, 0.3) is 0 Å². The van der Waals surface area contributed by atoms with Crippen molar-refractivity contribution in [1.82, 2.24) is 0 Å². The molecule has 0 amide bonds. The first kappa shape index (κ1) is 18.5. The molecule has 2 aromatic carbocycles. The van der Waals surface area contributed by atoms with Gasteiger partial charge in [0.2, 0.25) is 0 Å². The fourth-order valence-electron chi connectivity index (χ4n) is 2.33. The zero-order valence-electron chi connectivity index (χ0n) is 14.9. The Morgan fingerprint density at radius 2 is 1.84 bits per heavy atom. The first-order valence-corrected chi connectivity index (χ1v) is 8.25. The molecule has 0 aliphatic carbocycles. The molecule has 1 N–H and O–H groups in total. The summed E-state index contributed by atoms with van der Waals surface area (Å²) in [5.41, 5.74) is 2.31. The van der Waals surface area contributed by atoms with Crippen LogP contribution in [0.4, 0.5) is 0 Å². The van der Waals surface area contributed by atoms with E-state index in [0.29, 0.717) is 12.2 Å². The molecule has 0 saturated carbocycles. The number of allylic oxidation sites excluding steroid dienone is 3. The highest BCUT2D eigenvalue weighted by Crippen LogP contribution is 2.28. The van der Waals surface area contributed by atoms with Crippen molar-refractivity contribution < 1.29 is 14.6 Å². The van der Waals surface area contributed by atoms with Crippen LogP contribution in [0.2, 0.25) is 0 Å². The van der Waals surface area contributed by atoms with Gasteiger partial charge in [-0.05, 0) is 30.2 Å². The predicted octanol–water partition coefficient (Wildman–Crippen LogP) is 5.13. The first-order valence-electron chi connectivity index (χ1n) is 8.25. The van der Waals surface area contributed by atoms with Gasteiger partial charge in [0.15, 0.2) is 0 Å². The van der Waals surface area contributed by atoms with E-state index in [4.69, 9.17) is 9.84 Å². The molecule has 25 heavy (non-hydrogen) atoms. The predicted molar refractivity (Wildman–Crippen MR) is 101 cm³/mol. The van der Waals surface area contributed by atoms with Gasteiger partial charge < -0.3 is 9.84 Å². The number of rotatable bonds is 7. The summed E-state index contributed by atoms with van der Waals surface area (Å²) in [5.74, 6) is -0.0844. The second-order valence-electron chi connectivity index (χ2n) is 6.54. The first-order chi connectivity index (χ1) is 11.9. The van der Waals surface area contributed by atoms with E-state index in [1.54, 1.807) is 19.1 Å². The molecule has 0 saturated heterocycles. The zero-order chi connectivity index (χ0) is 18.3. The third-order valence-corrected chi connectivity index (χ3v) is 4.02. The lowest BCUT2D eigenvalue weighted by atomic mass is 9.84. The van der Waals surface area contributed by atoms with E-state index in [2.05, 4.69) is 13.8 Å². The van der Waals surface area contributed by atoms with Gasteiger partial charge in [-0.2, -0.15) is 0 Å². The maximum absolute atomic E-state index is 10.8. The van der Waals surface area contributed by atoms with Gasteiger partial charge in [0.05, 0.1) is 0 Å². The van der Waals surface area contributed by atoms with Crippen LogP contribution in [0.5, 0.6) is 5.75 Å². The summed E-state index contributed by atoms with van der Waals surface area (Å²) in [5, 5.41) is 8.90. The molecule has 2 aromatic rings. The third-order valence-electron chi connectivity index (χ3n) is 4.02. The number of carboxylic acids is 1. The lowest BCUT2D eigenvalue weighted by molar-refractivity contribution is -0.132. The Bertz CT molecular complexity index is 771. The molecule has 0 aliphatic rings. The van der Waals surface area contributed by atoms with Gasteiger partial charge in [-0.3, -0.25) is 0 Å². The molecule has 0 fully saturated rings. The third kappa shape index (κ3) is 5.64. The number of aliphatic carboxylic acids is 1. The van der Waals surface area contributed by atoms with E-state index >= 15 is 0 Å². The van der Waals surface area contributed by atoms with Crippen molar-refractivity contribution in [2.45, 2.75) is 32.8 Å². The van der Waals surface area contributed by atoms with Crippen LogP contribution in [-0.4, -0.2) is 11.1 Å². The lowest BCUT2D eigenvalue weighted by Crippen LogP contribution is -2.13. The van der Waals surface area contributed by atoms with Crippen molar-refractivity contribution in [3.05, 3.63) is 89.5 Å². The average molecular weight is 336 g/mol. The van der Waals surface area contributed by atoms with E-state index in [0.717, 1.165) is 16.9 Å². The van der Waals surface area contributed by atoms with Crippen LogP contribution in [0, 0.1) is 0 Å². The smallest absolute Gasteiger partial charge is 0.331 e. The number of ether oxygens (including phenoxy) is 1. The summed E-state index contributed by atoms with van der Waals surface area (Å²) < 4.78 is 5.89. The Morgan fingerprint density at radius 1 is 1.12 bits per heavy atom. The summed E-state index contributed by atoms with van der Waals surface area (Å²) in [6.45, 7) is 6.28. The largest absolute Gasteiger partial charge is 0.489 e. The van der Waals surface area contributed by atoms with Crippen molar-refractivity contribution in [1.29, 1.82) is 0 Å². The van der Waals surface area contributed by atoms with Crippen LogP contribution in [-0.2, 0) is 16.8 Å². The van der Waals surface area contributed by atoms with E-state index in [-0.39, 0.29) is 5.41 Å². The minimum absolute atomic E-state index is 0.235. The van der Waals surface area contributed by atoms with Gasteiger partial charge in [-0.1, -0.05) is 74.5 Å². The molecule has 0 aliphatic heterocycles. The maximum atomic E-state index is 10.8. The van der Waals surface area contributed by atoms with Crippen molar-refractivity contribution in [2.24, 2.45) is 0 Å². The second kappa shape index (κ2) is 8.34. The zero-order valence-corrected chi connectivity index (χ0v) is 14.9. The van der Waals surface area contributed by atoms with Crippen LogP contribution in [0.15, 0.2) is 78.4 Å². The van der Waals surface area contributed by atoms with Crippen LogP contribution in [0.25, 0.3) is 0 Å². The van der Waals surface area contributed by atoms with Gasteiger partial charge in [-0.25, -0.2) is 4.79 Å². The second-order valence-corrected chi connectivity index (χ2v) is 6.54. The fourth-order valence-corrected chi connectivity index (χ4v) is 2.33. The Balaban J connectivity index is 2.09. The Morgan fingerprint density at radius 3 is 2.52 bits per heavy atom. The van der Waals surface area contributed by atoms with Crippen molar-refractivity contribution in [3.8, 4) is 5.75 Å². The molecular weight excluding hydrogens is 312 g/mol. The highest BCUT2D eigenvalue weighted by atomic mass is 16.5. The summed E-state index contributed by atoms with van der Waals surface area (Å²) >= 11 is 0. The lowest BCUT2D eigenvalue weighted by Gasteiger charge is -2.21. The van der Waals surface area contributed by atoms with E-state index < -0.39 is 5.97 Å². The van der Waals surface area contributed by atoms with Gasteiger partial charge in [0.1, 0.15) is 12.4 Å². The van der Waals surface area contributed by atoms with Crippen LogP contribution >= 0.6 is 0 Å². The summed E-state index contributed by atoms with van der Waals surface area (Å²) in [6.07, 6.45) is 5.40. The summed E-state index contributed by atoms with van der Waals surface area (Å²) in [4.78, 5) is 10.8. The van der Waals surface area contributed by atoms with Gasteiger partial charge in [-0.15, -0.1) is 0 Å². The molecule has 3 nitrogen and oxygen atoms in total. The SMILES string of the molecule is C/C(=C\C=C\C(C)(C)c1cccc(OCc2ccccc2)c1)C(=O)O. The summed E-state index contributed by atoms with van der Waals surface area (Å²) in [7, 11) is 0. The molecule has 0 unspecified atom stereocenters. The normalized spacial score (nSPS) is 12.4. The van der Waals surface area contributed by atoms with E-state index in [1.165, 1.54) is 0 Å². The Kier molecular flexibility index (Phi) is 6.18. The van der Waals surface area contributed by atoms with Crippen LogP contribution in [0.1, 0.15) is 31.9 Å². The van der Waals surface area contributed by atoms with Crippen molar-refractivity contribution >= 4 is 5.97 Å². The number of hydrogen-bond acceptors (Lipinski definition) is 2. The molecule has 0 bridgehead atoms. The minimum Gasteiger partial charge on any atom is -0.489 e. The van der Waals surface area contributed by atoms with Crippen molar-refractivity contribution in [3.63, 3.8) is 0 Å². The van der Waals surface area contributed by atoms with Crippen LogP contribution < -0.4 is 4.74 Å². The topological polar surface area (TPSA) is 46.5 Å². The monoisotopic (exact) mass is 336 g/mol. The number of carboxylic acid groups (broad SMARTS) is 1. The Labute approximate surface area is 149 Å². The van der Waals surface area contributed by atoms with E-state index in [9.17, 15) is 4.79 Å². The maximum Gasteiger partial charge on any atom is 0.331 e. The molecular formula is C22H24O3. The number of carbonyl (C=O) groups is 1. The molecule has 3 heteroatoms. The Hall–Kier alpha value is -2.81. The minimum atomic E-state index is -0.904. The molecule has 130 valence electrons. The number of benzene rings is 2. The molecule has 0 heterocycles. The van der Waals surface area contributed by atoms with Gasteiger partial charge in [0, 0.05) is 11.0 Å². The van der Waals surface area contributed by atoms with Crippen LogP contribution in [0.3, 0.4) is 0 Å².